The molecule has 0 heterocycles. The number of nitriles is 1. The number of carboxylic acids is 1. The highest BCUT2D eigenvalue weighted by atomic mass is 16.5. The van der Waals surface area contributed by atoms with Crippen molar-refractivity contribution in [3.8, 4) is 11.8 Å². The smallest absolute Gasteiger partial charge is 0.306 e. The molecule has 1 aromatic rings. The predicted octanol–water partition coefficient (Wildman–Crippen LogP) is 4.35. The lowest BCUT2D eigenvalue weighted by Crippen LogP contribution is -2.33. The van der Waals surface area contributed by atoms with Crippen LogP contribution >= 0.6 is 0 Å². The van der Waals surface area contributed by atoms with Crippen molar-refractivity contribution in [3.63, 3.8) is 0 Å². The minimum Gasteiger partial charge on any atom is -0.490 e. The summed E-state index contributed by atoms with van der Waals surface area (Å²) in [5.74, 6) is -0.170. The fraction of sp³-hybridized carbons (Fsp3) is 0.600. The molecule has 0 aromatic heterocycles. The van der Waals surface area contributed by atoms with Crippen LogP contribution in [0.4, 0.5) is 0 Å². The van der Waals surface area contributed by atoms with E-state index < -0.39 is 11.4 Å². The predicted molar refractivity (Wildman–Crippen MR) is 90.9 cm³/mol. The molecular formula is C20H25NO3. The standard InChI is InChI=1S/C20H25NO3/c1-14-6-7-16(12-18(14)24-17-4-2-3-5-17)20(13-21)10-8-15(9-11-20)19(22)23/h6-7,12,15,17H,2-5,8-11H2,1H3,(H,22,23). The lowest BCUT2D eigenvalue weighted by Gasteiger charge is -2.34. The molecule has 4 nitrogen and oxygen atoms in total. The first-order valence-electron chi connectivity index (χ1n) is 8.96. The average Bonchev–Trinajstić information content (AvgIpc) is 3.10. The van der Waals surface area contributed by atoms with Crippen molar-refractivity contribution in [3.05, 3.63) is 29.3 Å². The van der Waals surface area contributed by atoms with Gasteiger partial charge in [-0.1, -0.05) is 12.1 Å². The van der Waals surface area contributed by atoms with Gasteiger partial charge in [-0.15, -0.1) is 0 Å². The summed E-state index contributed by atoms with van der Waals surface area (Å²) in [6, 6.07) is 8.56. The second kappa shape index (κ2) is 6.84. The highest BCUT2D eigenvalue weighted by Gasteiger charge is 2.39. The van der Waals surface area contributed by atoms with Crippen LogP contribution in [0.2, 0.25) is 0 Å². The summed E-state index contributed by atoms with van der Waals surface area (Å²) in [5.41, 5.74) is 1.50. The Morgan fingerprint density at radius 2 is 1.92 bits per heavy atom. The maximum atomic E-state index is 11.2. The Morgan fingerprint density at radius 3 is 2.50 bits per heavy atom. The quantitative estimate of drug-likeness (QED) is 0.892. The molecule has 1 N–H and O–H groups in total. The third-order valence-electron chi connectivity index (χ3n) is 5.74. The van der Waals surface area contributed by atoms with Gasteiger partial charge in [-0.2, -0.15) is 5.26 Å². The maximum absolute atomic E-state index is 11.2. The first-order chi connectivity index (χ1) is 11.5. The number of aliphatic carboxylic acids is 1. The Kier molecular flexibility index (Phi) is 4.80. The van der Waals surface area contributed by atoms with Crippen molar-refractivity contribution in [2.75, 3.05) is 0 Å². The third-order valence-corrected chi connectivity index (χ3v) is 5.74. The van der Waals surface area contributed by atoms with Gasteiger partial charge in [-0.3, -0.25) is 4.79 Å². The van der Waals surface area contributed by atoms with Gasteiger partial charge in [0.05, 0.1) is 23.5 Å². The van der Waals surface area contributed by atoms with Crippen LogP contribution < -0.4 is 4.74 Å². The van der Waals surface area contributed by atoms with Gasteiger partial charge < -0.3 is 9.84 Å². The van der Waals surface area contributed by atoms with E-state index in [2.05, 4.69) is 6.07 Å². The summed E-state index contributed by atoms with van der Waals surface area (Å²) in [7, 11) is 0. The van der Waals surface area contributed by atoms with Gasteiger partial charge in [-0.25, -0.2) is 0 Å². The first kappa shape index (κ1) is 16.8. The molecule has 0 atom stereocenters. The molecular weight excluding hydrogens is 302 g/mol. The van der Waals surface area contributed by atoms with E-state index in [0.29, 0.717) is 31.8 Å². The van der Waals surface area contributed by atoms with Gasteiger partial charge in [0.25, 0.3) is 0 Å². The van der Waals surface area contributed by atoms with Crippen LogP contribution in [0.3, 0.4) is 0 Å². The monoisotopic (exact) mass is 327 g/mol. The summed E-state index contributed by atoms with van der Waals surface area (Å²) in [5, 5.41) is 19.0. The molecule has 0 saturated heterocycles. The van der Waals surface area contributed by atoms with E-state index in [1.807, 2.05) is 25.1 Å². The van der Waals surface area contributed by atoms with E-state index in [-0.39, 0.29) is 5.92 Å². The number of nitrogens with zero attached hydrogens (tertiary/aromatic N) is 1. The summed E-state index contributed by atoms with van der Waals surface area (Å²) in [6.45, 7) is 2.04. The minimum atomic E-state index is -0.740. The van der Waals surface area contributed by atoms with Crippen molar-refractivity contribution in [2.45, 2.75) is 69.8 Å². The summed E-state index contributed by atoms with van der Waals surface area (Å²) >= 11 is 0. The van der Waals surface area contributed by atoms with Crippen LogP contribution in [0, 0.1) is 24.2 Å². The van der Waals surface area contributed by atoms with Crippen LogP contribution in [0.1, 0.15) is 62.5 Å². The lowest BCUT2D eigenvalue weighted by molar-refractivity contribution is -0.143. The van der Waals surface area contributed by atoms with Crippen molar-refractivity contribution >= 4 is 5.97 Å². The van der Waals surface area contributed by atoms with Crippen molar-refractivity contribution in [1.82, 2.24) is 0 Å². The average molecular weight is 327 g/mol. The number of hydrogen-bond acceptors (Lipinski definition) is 3. The molecule has 3 rings (SSSR count). The van der Waals surface area contributed by atoms with E-state index >= 15 is 0 Å². The molecule has 2 aliphatic carbocycles. The molecule has 24 heavy (non-hydrogen) atoms. The maximum Gasteiger partial charge on any atom is 0.306 e. The minimum absolute atomic E-state index is 0.291. The summed E-state index contributed by atoms with van der Waals surface area (Å²) in [4.78, 5) is 11.2. The molecule has 128 valence electrons. The molecule has 2 aliphatic rings. The molecule has 0 radical (unpaired) electrons. The Hall–Kier alpha value is -2.02. The zero-order valence-electron chi connectivity index (χ0n) is 14.3. The highest BCUT2D eigenvalue weighted by molar-refractivity contribution is 5.70. The van der Waals surface area contributed by atoms with Crippen molar-refractivity contribution in [2.24, 2.45) is 5.92 Å². The van der Waals surface area contributed by atoms with Crippen LogP contribution in [-0.2, 0) is 10.2 Å². The van der Waals surface area contributed by atoms with E-state index in [4.69, 9.17) is 4.74 Å². The molecule has 4 heteroatoms. The highest BCUT2D eigenvalue weighted by Crippen LogP contribution is 2.43. The zero-order valence-corrected chi connectivity index (χ0v) is 14.3. The van der Waals surface area contributed by atoms with Gasteiger partial charge in [0.2, 0.25) is 0 Å². The number of aryl methyl sites for hydroxylation is 1. The lowest BCUT2D eigenvalue weighted by atomic mass is 9.67. The van der Waals surface area contributed by atoms with E-state index in [1.54, 1.807) is 0 Å². The van der Waals surface area contributed by atoms with Crippen LogP contribution in [0.25, 0.3) is 0 Å². The van der Waals surface area contributed by atoms with Crippen molar-refractivity contribution < 1.29 is 14.6 Å². The fourth-order valence-electron chi connectivity index (χ4n) is 4.03. The van der Waals surface area contributed by atoms with Crippen LogP contribution in [0.5, 0.6) is 5.75 Å². The van der Waals surface area contributed by atoms with Crippen LogP contribution in [0.15, 0.2) is 18.2 Å². The SMILES string of the molecule is Cc1ccc(C2(C#N)CCC(C(=O)O)CC2)cc1OC1CCCC1. The molecule has 0 amide bonds. The van der Waals surface area contributed by atoms with Crippen molar-refractivity contribution in [1.29, 1.82) is 5.26 Å². The van der Waals surface area contributed by atoms with Gasteiger partial charge in [0.15, 0.2) is 0 Å². The summed E-state index contributed by atoms with van der Waals surface area (Å²) in [6.07, 6.45) is 7.29. The fourth-order valence-corrected chi connectivity index (χ4v) is 4.03. The largest absolute Gasteiger partial charge is 0.490 e. The number of carboxylic acid groups (broad SMARTS) is 1. The van der Waals surface area contributed by atoms with E-state index in [0.717, 1.165) is 29.7 Å². The molecule has 0 bridgehead atoms. The topological polar surface area (TPSA) is 70.3 Å². The first-order valence-corrected chi connectivity index (χ1v) is 8.96. The van der Waals surface area contributed by atoms with Gasteiger partial charge in [0.1, 0.15) is 5.75 Å². The van der Waals surface area contributed by atoms with Gasteiger partial charge >= 0.3 is 5.97 Å². The Morgan fingerprint density at radius 1 is 1.25 bits per heavy atom. The molecule has 0 aliphatic heterocycles. The molecule has 1 aromatic carbocycles. The number of ether oxygens (including phenoxy) is 1. The number of carbonyl (C=O) groups is 1. The number of benzene rings is 1. The molecule has 2 saturated carbocycles. The number of rotatable bonds is 4. The number of hydrogen-bond donors (Lipinski definition) is 1. The summed E-state index contributed by atoms with van der Waals surface area (Å²) < 4.78 is 6.18. The van der Waals surface area contributed by atoms with E-state index in [9.17, 15) is 15.2 Å². The Bertz CT molecular complexity index is 647. The Balaban J connectivity index is 1.82. The van der Waals surface area contributed by atoms with Crippen LogP contribution in [-0.4, -0.2) is 17.2 Å². The molecule has 2 fully saturated rings. The molecule has 0 unspecified atom stereocenters. The second-order valence-electron chi connectivity index (χ2n) is 7.31. The van der Waals surface area contributed by atoms with Gasteiger partial charge in [-0.05, 0) is 75.5 Å². The molecule has 0 spiro atoms. The van der Waals surface area contributed by atoms with E-state index in [1.165, 1.54) is 12.8 Å². The zero-order chi connectivity index (χ0) is 17.2. The normalized spacial score (nSPS) is 27.6. The van der Waals surface area contributed by atoms with Gasteiger partial charge in [0, 0.05) is 0 Å². The third kappa shape index (κ3) is 3.26. The second-order valence-corrected chi connectivity index (χ2v) is 7.31. The Labute approximate surface area is 143 Å².